The average molecular weight is 609 g/mol. The number of thioether (sulfide) groups is 1. The van der Waals surface area contributed by atoms with Gasteiger partial charge in [0.2, 0.25) is 5.16 Å². The van der Waals surface area contributed by atoms with Crippen LogP contribution in [0.3, 0.4) is 0 Å². The first-order valence-electron chi connectivity index (χ1n) is 7.85. The van der Waals surface area contributed by atoms with Crippen molar-refractivity contribution in [2.45, 2.75) is 5.16 Å². The van der Waals surface area contributed by atoms with Crippen LogP contribution in [-0.4, -0.2) is 38.5 Å². The minimum Gasteiger partial charge on any atom is -0.506 e. The summed E-state index contributed by atoms with van der Waals surface area (Å²) in [6.45, 7) is 0. The molecule has 0 saturated carbocycles. The quantitative estimate of drug-likeness (QED) is 0.195. The van der Waals surface area contributed by atoms with E-state index >= 15 is 0 Å². The maximum atomic E-state index is 11.7. The van der Waals surface area contributed by atoms with Crippen LogP contribution in [0.5, 0.6) is 11.5 Å². The Bertz CT molecular complexity index is 1100. The molecule has 0 aliphatic heterocycles. The number of phenolic OH excluding ortho intramolecular Hbond substituents is 1. The largest absolute Gasteiger partial charge is 0.506 e. The summed E-state index contributed by atoms with van der Waals surface area (Å²) in [5.74, 6) is -0.0691. The Morgan fingerprint density at radius 3 is 2.79 bits per heavy atom. The lowest BCUT2D eigenvalue weighted by atomic mass is 10.2. The number of methoxy groups -OCH3 is 1. The number of hydrogen-bond donors (Lipinski definition) is 3. The number of H-pyrrole nitrogens is 1. The van der Waals surface area contributed by atoms with E-state index in [9.17, 15) is 15.0 Å². The Morgan fingerprint density at radius 2 is 2.14 bits per heavy atom. The van der Waals surface area contributed by atoms with Crippen LogP contribution in [0.4, 0.5) is 0 Å². The van der Waals surface area contributed by atoms with Crippen LogP contribution in [0, 0.1) is 3.57 Å². The third-order valence-corrected chi connectivity index (χ3v) is 6.17. The van der Waals surface area contributed by atoms with Crippen molar-refractivity contribution in [3.8, 4) is 22.9 Å². The van der Waals surface area contributed by atoms with E-state index in [1.807, 2.05) is 22.6 Å². The second-order valence-electron chi connectivity index (χ2n) is 5.56. The van der Waals surface area contributed by atoms with Crippen molar-refractivity contribution in [1.82, 2.24) is 15.2 Å². The number of benzene rings is 2. The normalized spacial score (nSPS) is 11.5. The van der Waals surface area contributed by atoms with E-state index in [2.05, 4.69) is 31.1 Å². The maximum absolute atomic E-state index is 11.7. The number of nitrogens with zero attached hydrogens (tertiary/aromatic N) is 2. The Kier molecular flexibility index (Phi) is 7.09. The summed E-state index contributed by atoms with van der Waals surface area (Å²) in [5, 5.41) is 27.0. The standard InChI is InChI=1S/C18H12BrClIN3O4S/c1-28-13-3-2-9(20)7-10(13)16-22-18(24-23-16)29-14(17(26)27)6-8-4-11(19)15(25)12(21)5-8/h2-7,25H,1H3,(H,26,27)(H,22,23,24)/b14-6-. The molecule has 3 N–H and O–H groups in total. The number of phenols is 1. The number of aliphatic carboxylic acids is 1. The first-order valence-corrected chi connectivity index (χ1v) is 10.9. The molecule has 7 nitrogen and oxygen atoms in total. The number of nitrogens with one attached hydrogen (secondary N) is 1. The van der Waals surface area contributed by atoms with Gasteiger partial charge in [-0.3, -0.25) is 5.10 Å². The SMILES string of the molecule is COc1ccc(Cl)cc1-c1nc(S/C(=C\c2cc(Br)c(O)c(I)c2)C(=O)O)n[nH]1. The smallest absolute Gasteiger partial charge is 0.342 e. The molecule has 2 aromatic carbocycles. The number of carbonyl (C=O) groups is 1. The Labute approximate surface area is 196 Å². The van der Waals surface area contributed by atoms with E-state index in [0.29, 0.717) is 35.8 Å². The number of aromatic amines is 1. The second-order valence-corrected chi connectivity index (χ2v) is 9.02. The van der Waals surface area contributed by atoms with Gasteiger partial charge in [-0.1, -0.05) is 11.6 Å². The van der Waals surface area contributed by atoms with E-state index in [1.165, 1.54) is 13.2 Å². The molecule has 3 aromatic rings. The lowest BCUT2D eigenvalue weighted by Gasteiger charge is -2.05. The number of aromatic hydroxyl groups is 1. The molecule has 0 bridgehead atoms. The number of carboxylic acid groups (broad SMARTS) is 1. The van der Waals surface area contributed by atoms with Crippen molar-refractivity contribution in [2.24, 2.45) is 0 Å². The first-order chi connectivity index (χ1) is 13.8. The summed E-state index contributed by atoms with van der Waals surface area (Å²) in [6, 6.07) is 8.38. The van der Waals surface area contributed by atoms with Crippen molar-refractivity contribution < 1.29 is 19.7 Å². The Balaban J connectivity index is 1.92. The van der Waals surface area contributed by atoms with Crippen molar-refractivity contribution in [3.63, 3.8) is 0 Å². The van der Waals surface area contributed by atoms with Crippen LogP contribution in [0.25, 0.3) is 17.5 Å². The van der Waals surface area contributed by atoms with Crippen molar-refractivity contribution >= 4 is 73.9 Å². The van der Waals surface area contributed by atoms with E-state index in [4.69, 9.17) is 16.3 Å². The highest BCUT2D eigenvalue weighted by atomic mass is 127. The topological polar surface area (TPSA) is 108 Å². The summed E-state index contributed by atoms with van der Waals surface area (Å²) < 4.78 is 6.37. The summed E-state index contributed by atoms with van der Waals surface area (Å²) in [6.07, 6.45) is 1.48. The van der Waals surface area contributed by atoms with Crippen LogP contribution in [-0.2, 0) is 4.79 Å². The summed E-state index contributed by atoms with van der Waals surface area (Å²) in [5.41, 5.74) is 1.22. The molecule has 0 unspecified atom stereocenters. The molecular weight excluding hydrogens is 597 g/mol. The predicted molar refractivity (Wildman–Crippen MR) is 123 cm³/mol. The molecule has 0 saturated heterocycles. The highest BCUT2D eigenvalue weighted by Gasteiger charge is 2.17. The van der Waals surface area contributed by atoms with Gasteiger partial charge < -0.3 is 14.9 Å². The molecule has 0 radical (unpaired) electrons. The molecule has 0 spiro atoms. The summed E-state index contributed by atoms with van der Waals surface area (Å²) in [4.78, 5) is 16.1. The number of rotatable bonds is 6. The number of halogens is 3. The minimum absolute atomic E-state index is 0.0157. The molecule has 11 heteroatoms. The second kappa shape index (κ2) is 9.37. The molecule has 29 heavy (non-hydrogen) atoms. The van der Waals surface area contributed by atoms with Crippen LogP contribution in [0.15, 0.2) is 44.9 Å². The Hall–Kier alpha value is -1.76. The van der Waals surface area contributed by atoms with E-state index < -0.39 is 5.97 Å². The molecule has 0 fully saturated rings. The monoisotopic (exact) mass is 607 g/mol. The lowest BCUT2D eigenvalue weighted by Crippen LogP contribution is -1.97. The molecule has 0 aliphatic carbocycles. The number of aromatic nitrogens is 3. The van der Waals surface area contributed by atoms with E-state index in [1.54, 1.807) is 30.3 Å². The molecule has 1 aromatic heterocycles. The molecule has 1 heterocycles. The minimum atomic E-state index is -1.12. The zero-order valence-electron chi connectivity index (χ0n) is 14.6. The lowest BCUT2D eigenvalue weighted by molar-refractivity contribution is -0.131. The van der Waals surface area contributed by atoms with Crippen molar-refractivity contribution in [1.29, 1.82) is 0 Å². The van der Waals surface area contributed by atoms with Gasteiger partial charge in [-0.25, -0.2) is 9.78 Å². The molecule has 0 amide bonds. The average Bonchev–Trinajstić information content (AvgIpc) is 3.14. The number of ether oxygens (including phenoxy) is 1. The highest BCUT2D eigenvalue weighted by molar-refractivity contribution is 14.1. The van der Waals surface area contributed by atoms with Crippen LogP contribution in [0.1, 0.15) is 5.56 Å². The number of hydrogen-bond acceptors (Lipinski definition) is 6. The zero-order valence-corrected chi connectivity index (χ0v) is 19.9. The zero-order chi connectivity index (χ0) is 21.1. The van der Waals surface area contributed by atoms with E-state index in [0.717, 1.165) is 11.8 Å². The van der Waals surface area contributed by atoms with Gasteiger partial charge in [-0.15, -0.1) is 5.10 Å². The van der Waals surface area contributed by atoms with Gasteiger partial charge in [0.15, 0.2) is 5.82 Å². The molecule has 0 aliphatic rings. The summed E-state index contributed by atoms with van der Waals surface area (Å²) in [7, 11) is 1.53. The van der Waals surface area contributed by atoms with Gasteiger partial charge in [-0.2, -0.15) is 0 Å². The predicted octanol–water partition coefficient (Wildman–Crippen LogP) is 5.42. The first kappa shape index (κ1) is 21.9. The summed E-state index contributed by atoms with van der Waals surface area (Å²) >= 11 is 12.2. The maximum Gasteiger partial charge on any atom is 0.342 e. The third-order valence-electron chi connectivity index (χ3n) is 3.63. The van der Waals surface area contributed by atoms with Gasteiger partial charge >= 0.3 is 5.97 Å². The van der Waals surface area contributed by atoms with Crippen LogP contribution < -0.4 is 4.74 Å². The fraction of sp³-hybridized carbons (Fsp3) is 0.0556. The third kappa shape index (κ3) is 5.24. The Morgan fingerprint density at radius 1 is 1.38 bits per heavy atom. The molecule has 150 valence electrons. The van der Waals surface area contributed by atoms with Gasteiger partial charge in [0.1, 0.15) is 16.4 Å². The van der Waals surface area contributed by atoms with Crippen molar-refractivity contribution in [3.05, 3.63) is 53.9 Å². The van der Waals surface area contributed by atoms with Gasteiger partial charge in [-0.05, 0) is 92.3 Å². The van der Waals surface area contributed by atoms with Gasteiger partial charge in [0, 0.05) is 5.02 Å². The molecular formula is C18H12BrClIN3O4S. The fourth-order valence-electron chi connectivity index (χ4n) is 2.33. The van der Waals surface area contributed by atoms with Crippen LogP contribution in [0.2, 0.25) is 5.02 Å². The number of carboxylic acids is 1. The van der Waals surface area contributed by atoms with Crippen molar-refractivity contribution in [2.75, 3.05) is 7.11 Å². The molecule has 3 rings (SSSR count). The highest BCUT2D eigenvalue weighted by Crippen LogP contribution is 2.34. The van der Waals surface area contributed by atoms with Gasteiger partial charge in [0.05, 0.1) is 20.7 Å². The molecule has 0 atom stereocenters. The van der Waals surface area contributed by atoms with E-state index in [-0.39, 0.29) is 15.8 Å². The fourth-order valence-corrected chi connectivity index (χ4v) is 4.71. The van der Waals surface area contributed by atoms with Crippen LogP contribution >= 0.6 is 61.9 Å². The van der Waals surface area contributed by atoms with Gasteiger partial charge in [0.25, 0.3) is 0 Å².